The Balaban J connectivity index is 2.25. The molecule has 1 atom stereocenters. The molecule has 19 heavy (non-hydrogen) atoms. The normalized spacial score (nSPS) is 12.4. The Morgan fingerprint density at radius 1 is 1.26 bits per heavy atom. The van der Waals surface area contributed by atoms with E-state index >= 15 is 0 Å². The van der Waals surface area contributed by atoms with Crippen molar-refractivity contribution in [2.75, 3.05) is 0 Å². The predicted octanol–water partition coefficient (Wildman–Crippen LogP) is 3.74. The van der Waals surface area contributed by atoms with Gasteiger partial charge in [0.2, 0.25) is 0 Å². The number of benzene rings is 1. The Morgan fingerprint density at radius 2 is 2.05 bits per heavy atom. The summed E-state index contributed by atoms with van der Waals surface area (Å²) in [7, 11) is 0. The highest BCUT2D eigenvalue weighted by Crippen LogP contribution is 2.26. The molecular weight excluding hydrogens is 396 g/mol. The van der Waals surface area contributed by atoms with Crippen LogP contribution >= 0.6 is 45.8 Å². The molecule has 0 spiro atoms. The monoisotopic (exact) mass is 407 g/mol. The second-order valence-corrected chi connectivity index (χ2v) is 6.04. The van der Waals surface area contributed by atoms with Crippen LogP contribution in [0.25, 0.3) is 0 Å². The zero-order valence-electron chi connectivity index (χ0n) is 9.91. The molecule has 1 aromatic heterocycles. The molecule has 3 nitrogen and oxygen atoms in total. The van der Waals surface area contributed by atoms with Gasteiger partial charge in [0.1, 0.15) is 0 Å². The molecule has 0 amide bonds. The Hall–Kier alpha value is -0.400. The predicted molar refractivity (Wildman–Crippen MR) is 87.2 cm³/mol. The molecule has 0 aliphatic carbocycles. The lowest BCUT2D eigenvalue weighted by atomic mass is 10.0. The summed E-state index contributed by atoms with van der Waals surface area (Å²) in [5.41, 5.74) is 4.82. The van der Waals surface area contributed by atoms with E-state index in [-0.39, 0.29) is 6.04 Å². The van der Waals surface area contributed by atoms with Gasteiger partial charge >= 0.3 is 0 Å². The second kappa shape index (κ2) is 6.85. The highest BCUT2D eigenvalue weighted by molar-refractivity contribution is 14.1. The van der Waals surface area contributed by atoms with E-state index < -0.39 is 0 Å². The van der Waals surface area contributed by atoms with Gasteiger partial charge in [-0.15, -0.1) is 0 Å². The average Bonchev–Trinajstić information content (AvgIpc) is 2.41. The minimum absolute atomic E-state index is 0.0469. The van der Waals surface area contributed by atoms with Crippen molar-refractivity contribution < 1.29 is 0 Å². The fourth-order valence-electron chi connectivity index (χ4n) is 1.79. The summed E-state index contributed by atoms with van der Waals surface area (Å²) in [6, 6.07) is 7.74. The molecular formula is C13H12Cl2IN3. The van der Waals surface area contributed by atoms with E-state index in [9.17, 15) is 0 Å². The number of hydrogen-bond acceptors (Lipinski definition) is 3. The average molecular weight is 408 g/mol. The molecule has 1 aromatic carbocycles. The molecule has 2 rings (SSSR count). The molecule has 0 aliphatic heterocycles. The van der Waals surface area contributed by atoms with Crippen LogP contribution < -0.4 is 11.3 Å². The first-order chi connectivity index (χ1) is 9.11. The van der Waals surface area contributed by atoms with Crippen molar-refractivity contribution >= 4 is 45.8 Å². The van der Waals surface area contributed by atoms with Crippen LogP contribution in [0.5, 0.6) is 0 Å². The molecule has 6 heteroatoms. The lowest BCUT2D eigenvalue weighted by Crippen LogP contribution is -2.29. The Bertz CT molecular complexity index is 578. The van der Waals surface area contributed by atoms with Crippen LogP contribution in [0.2, 0.25) is 10.0 Å². The molecule has 2 aromatic rings. The number of nitrogens with one attached hydrogen (secondary N) is 1. The van der Waals surface area contributed by atoms with Crippen molar-refractivity contribution in [1.82, 2.24) is 10.4 Å². The minimum Gasteiger partial charge on any atom is -0.271 e. The fraction of sp³-hybridized carbons (Fsp3) is 0.154. The molecule has 0 fully saturated rings. The van der Waals surface area contributed by atoms with E-state index in [2.05, 4.69) is 33.0 Å². The van der Waals surface area contributed by atoms with Crippen LogP contribution in [-0.4, -0.2) is 4.98 Å². The van der Waals surface area contributed by atoms with E-state index in [1.165, 1.54) is 0 Å². The van der Waals surface area contributed by atoms with Gasteiger partial charge in [0.25, 0.3) is 0 Å². The van der Waals surface area contributed by atoms with Crippen LogP contribution in [0.1, 0.15) is 17.2 Å². The Labute approximate surface area is 135 Å². The highest BCUT2D eigenvalue weighted by Gasteiger charge is 2.13. The number of aromatic nitrogens is 1. The zero-order valence-corrected chi connectivity index (χ0v) is 13.6. The van der Waals surface area contributed by atoms with Crippen LogP contribution in [0.4, 0.5) is 0 Å². The summed E-state index contributed by atoms with van der Waals surface area (Å²) in [6.45, 7) is 0. The molecule has 3 N–H and O–H groups in total. The molecule has 100 valence electrons. The lowest BCUT2D eigenvalue weighted by Gasteiger charge is -2.17. The maximum absolute atomic E-state index is 6.14. The van der Waals surface area contributed by atoms with Crippen molar-refractivity contribution in [2.24, 2.45) is 5.84 Å². The summed E-state index contributed by atoms with van der Waals surface area (Å²) < 4.78 is 1.01. The Kier molecular flexibility index (Phi) is 5.41. The van der Waals surface area contributed by atoms with Crippen LogP contribution in [-0.2, 0) is 6.42 Å². The van der Waals surface area contributed by atoms with Crippen LogP contribution in [0.3, 0.4) is 0 Å². The molecule has 1 unspecified atom stereocenters. The number of hydrogen-bond donors (Lipinski definition) is 2. The number of hydrazine groups is 1. The van der Waals surface area contributed by atoms with Crippen molar-refractivity contribution in [1.29, 1.82) is 0 Å². The summed E-state index contributed by atoms with van der Waals surface area (Å²) in [5.74, 6) is 5.64. The maximum Gasteiger partial charge on any atom is 0.0622 e. The number of rotatable bonds is 4. The van der Waals surface area contributed by atoms with E-state index in [0.717, 1.165) is 19.7 Å². The minimum atomic E-state index is -0.0469. The molecule has 0 radical (unpaired) electrons. The molecule has 0 saturated heterocycles. The molecule has 0 bridgehead atoms. The molecule has 0 aliphatic rings. The number of nitrogens with two attached hydrogens (primary N) is 1. The largest absolute Gasteiger partial charge is 0.271 e. The topological polar surface area (TPSA) is 50.9 Å². The van der Waals surface area contributed by atoms with Gasteiger partial charge in [-0.2, -0.15) is 0 Å². The number of halogens is 3. The van der Waals surface area contributed by atoms with Gasteiger partial charge in [0, 0.05) is 16.0 Å². The first-order valence-corrected chi connectivity index (χ1v) is 7.44. The van der Waals surface area contributed by atoms with Gasteiger partial charge < -0.3 is 0 Å². The smallest absolute Gasteiger partial charge is 0.0622 e. The quantitative estimate of drug-likeness (QED) is 0.461. The molecule has 1 heterocycles. The second-order valence-electron chi connectivity index (χ2n) is 4.06. The SMILES string of the molecule is NNC(Cc1ccncc1Cl)c1ccc(I)c(Cl)c1. The van der Waals surface area contributed by atoms with Gasteiger partial charge in [0.15, 0.2) is 0 Å². The first-order valence-electron chi connectivity index (χ1n) is 5.61. The van der Waals surface area contributed by atoms with Crippen LogP contribution in [0, 0.1) is 3.57 Å². The molecule has 0 saturated carbocycles. The third-order valence-electron chi connectivity index (χ3n) is 2.83. The lowest BCUT2D eigenvalue weighted by molar-refractivity contribution is 0.552. The highest BCUT2D eigenvalue weighted by atomic mass is 127. The van der Waals surface area contributed by atoms with Gasteiger partial charge in [0.05, 0.1) is 16.1 Å². The van der Waals surface area contributed by atoms with Gasteiger partial charge in [-0.1, -0.05) is 29.3 Å². The van der Waals surface area contributed by atoms with Gasteiger partial charge in [-0.05, 0) is 58.3 Å². The first kappa shape index (κ1) is 15.0. The van der Waals surface area contributed by atoms with Crippen LogP contribution in [0.15, 0.2) is 36.7 Å². The summed E-state index contributed by atoms with van der Waals surface area (Å²) >= 11 is 14.4. The Morgan fingerprint density at radius 3 is 2.68 bits per heavy atom. The third-order valence-corrected chi connectivity index (χ3v) is 4.74. The number of nitrogens with zero attached hydrogens (tertiary/aromatic N) is 1. The van der Waals surface area contributed by atoms with Crippen molar-refractivity contribution in [3.63, 3.8) is 0 Å². The van der Waals surface area contributed by atoms with Gasteiger partial charge in [-0.3, -0.25) is 16.3 Å². The van der Waals surface area contributed by atoms with Crippen molar-refractivity contribution in [2.45, 2.75) is 12.5 Å². The van der Waals surface area contributed by atoms with Crippen molar-refractivity contribution in [3.05, 3.63) is 61.4 Å². The van der Waals surface area contributed by atoms with Crippen molar-refractivity contribution in [3.8, 4) is 0 Å². The third kappa shape index (κ3) is 3.79. The standard InChI is InChI=1S/C13H12Cl2IN3/c14-10-5-9(1-2-12(10)16)13(19-17)6-8-3-4-18-7-11(8)15/h1-5,7,13,19H,6,17H2. The van der Waals surface area contributed by atoms with Gasteiger partial charge in [-0.25, -0.2) is 0 Å². The fourth-order valence-corrected chi connectivity index (χ4v) is 2.51. The van der Waals surface area contributed by atoms with E-state index in [0.29, 0.717) is 11.4 Å². The summed E-state index contributed by atoms with van der Waals surface area (Å²) in [5, 5.41) is 1.36. The summed E-state index contributed by atoms with van der Waals surface area (Å²) in [6.07, 6.45) is 4.02. The number of pyridine rings is 1. The van der Waals surface area contributed by atoms with E-state index in [1.807, 2.05) is 24.3 Å². The zero-order chi connectivity index (χ0) is 13.8. The summed E-state index contributed by atoms with van der Waals surface area (Å²) in [4.78, 5) is 3.97. The van der Waals surface area contributed by atoms with E-state index in [4.69, 9.17) is 29.0 Å². The maximum atomic E-state index is 6.14. The van der Waals surface area contributed by atoms with E-state index in [1.54, 1.807) is 12.4 Å².